The molecule has 0 spiro atoms. The molecule has 0 unspecified atom stereocenters. The number of para-hydroxylation sites is 1. The zero-order valence-corrected chi connectivity index (χ0v) is 12.4. The van der Waals surface area contributed by atoms with Crippen LogP contribution in [0.15, 0.2) is 54.9 Å². The van der Waals surface area contributed by atoms with Gasteiger partial charge in [-0.2, -0.15) is 0 Å². The number of hydrogen-bond donors (Lipinski definition) is 0. The van der Waals surface area contributed by atoms with Crippen LogP contribution in [0.1, 0.15) is 0 Å². The Bertz CT molecular complexity index is 717. The smallest absolute Gasteiger partial charge is 0.144 e. The monoisotopic (exact) mass is 305 g/mol. The highest BCUT2D eigenvalue weighted by atomic mass is 35.5. The van der Waals surface area contributed by atoms with Crippen molar-refractivity contribution in [3.63, 3.8) is 0 Å². The van der Waals surface area contributed by atoms with E-state index in [1.807, 2.05) is 60.5 Å². The summed E-state index contributed by atoms with van der Waals surface area (Å²) >= 11 is 6.07. The Morgan fingerprint density at radius 2 is 1.75 bits per heavy atom. The molecule has 20 heavy (non-hydrogen) atoms. The standard InChI is InChI=1S/C15H12ClN3.ClH/c1-19(12-5-3-2-4-6-12)15-13-9-11(16)7-8-14(13)17-10-18-15;/h2-10H,1H3;1H. The maximum absolute atomic E-state index is 6.07. The van der Waals surface area contributed by atoms with Gasteiger partial charge in [0.1, 0.15) is 12.1 Å². The third-order valence-electron chi connectivity index (χ3n) is 3.04. The van der Waals surface area contributed by atoms with E-state index in [1.54, 1.807) is 6.33 Å². The van der Waals surface area contributed by atoms with Crippen LogP contribution in [-0.4, -0.2) is 17.0 Å². The Hall–Kier alpha value is -1.84. The normalized spacial score (nSPS) is 10.1. The lowest BCUT2D eigenvalue weighted by atomic mass is 10.2. The first-order valence-electron chi connectivity index (χ1n) is 5.95. The van der Waals surface area contributed by atoms with Crippen molar-refractivity contribution in [1.29, 1.82) is 0 Å². The predicted molar refractivity (Wildman–Crippen MR) is 86.3 cm³/mol. The lowest BCUT2D eigenvalue weighted by molar-refractivity contribution is 1.11. The van der Waals surface area contributed by atoms with Crippen LogP contribution >= 0.6 is 24.0 Å². The van der Waals surface area contributed by atoms with Gasteiger partial charge in [-0.1, -0.05) is 29.8 Å². The van der Waals surface area contributed by atoms with Gasteiger partial charge in [0.05, 0.1) is 5.52 Å². The van der Waals surface area contributed by atoms with E-state index in [1.165, 1.54) is 0 Å². The van der Waals surface area contributed by atoms with E-state index >= 15 is 0 Å². The maximum Gasteiger partial charge on any atom is 0.144 e. The summed E-state index contributed by atoms with van der Waals surface area (Å²) in [6.45, 7) is 0. The molecule has 0 fully saturated rings. The number of rotatable bonds is 2. The van der Waals surface area contributed by atoms with Gasteiger partial charge >= 0.3 is 0 Å². The van der Waals surface area contributed by atoms with Crippen molar-refractivity contribution >= 4 is 46.4 Å². The van der Waals surface area contributed by atoms with Crippen molar-refractivity contribution in [2.75, 3.05) is 11.9 Å². The minimum absolute atomic E-state index is 0. The van der Waals surface area contributed by atoms with Crippen LogP contribution in [0, 0.1) is 0 Å². The summed E-state index contributed by atoms with van der Waals surface area (Å²) in [5.41, 5.74) is 1.96. The van der Waals surface area contributed by atoms with Crippen molar-refractivity contribution in [1.82, 2.24) is 9.97 Å². The molecular weight excluding hydrogens is 293 g/mol. The van der Waals surface area contributed by atoms with Crippen LogP contribution in [0.5, 0.6) is 0 Å². The summed E-state index contributed by atoms with van der Waals surface area (Å²) in [6, 6.07) is 15.7. The van der Waals surface area contributed by atoms with Gasteiger partial charge in [0.25, 0.3) is 0 Å². The van der Waals surface area contributed by atoms with Gasteiger partial charge in [-0.05, 0) is 30.3 Å². The Balaban J connectivity index is 0.00000147. The number of benzene rings is 2. The minimum Gasteiger partial charge on any atom is -0.329 e. The van der Waals surface area contributed by atoms with Crippen LogP contribution in [0.4, 0.5) is 11.5 Å². The molecule has 102 valence electrons. The molecule has 0 aliphatic rings. The largest absolute Gasteiger partial charge is 0.329 e. The molecule has 0 amide bonds. The van der Waals surface area contributed by atoms with E-state index in [-0.39, 0.29) is 12.4 Å². The Morgan fingerprint density at radius 1 is 1.00 bits per heavy atom. The van der Waals surface area contributed by atoms with E-state index in [2.05, 4.69) is 9.97 Å². The van der Waals surface area contributed by atoms with Gasteiger partial charge in [-0.3, -0.25) is 0 Å². The van der Waals surface area contributed by atoms with E-state index in [9.17, 15) is 0 Å². The van der Waals surface area contributed by atoms with Crippen molar-refractivity contribution in [3.8, 4) is 0 Å². The highest BCUT2D eigenvalue weighted by Gasteiger charge is 2.10. The Kier molecular flexibility index (Phi) is 4.42. The van der Waals surface area contributed by atoms with Crippen LogP contribution in [-0.2, 0) is 0 Å². The molecule has 0 atom stereocenters. The summed E-state index contributed by atoms with van der Waals surface area (Å²) in [5.74, 6) is 0.846. The number of anilines is 2. The summed E-state index contributed by atoms with van der Waals surface area (Å²) < 4.78 is 0. The van der Waals surface area contributed by atoms with Gasteiger partial charge in [0, 0.05) is 23.1 Å². The first kappa shape index (κ1) is 14.6. The van der Waals surface area contributed by atoms with Crippen molar-refractivity contribution in [2.24, 2.45) is 0 Å². The van der Waals surface area contributed by atoms with Gasteiger partial charge in [-0.25, -0.2) is 9.97 Å². The summed E-state index contributed by atoms with van der Waals surface area (Å²) in [6.07, 6.45) is 1.57. The fraction of sp³-hybridized carbons (Fsp3) is 0.0667. The summed E-state index contributed by atoms with van der Waals surface area (Å²) in [5, 5.41) is 1.63. The van der Waals surface area contributed by atoms with E-state index in [0.29, 0.717) is 5.02 Å². The fourth-order valence-corrected chi connectivity index (χ4v) is 2.23. The molecule has 1 aromatic heterocycles. The summed E-state index contributed by atoms with van der Waals surface area (Å²) in [7, 11) is 1.98. The molecule has 0 bridgehead atoms. The molecule has 1 heterocycles. The number of aromatic nitrogens is 2. The van der Waals surface area contributed by atoms with Gasteiger partial charge in [0.15, 0.2) is 0 Å². The molecule has 3 rings (SSSR count). The third kappa shape index (κ3) is 2.69. The Morgan fingerprint density at radius 3 is 2.50 bits per heavy atom. The molecule has 3 aromatic rings. The molecule has 0 saturated heterocycles. The second-order valence-corrected chi connectivity index (χ2v) is 4.69. The number of fused-ring (bicyclic) bond motifs is 1. The van der Waals surface area contributed by atoms with Gasteiger partial charge in [-0.15, -0.1) is 12.4 Å². The van der Waals surface area contributed by atoms with Crippen molar-refractivity contribution < 1.29 is 0 Å². The van der Waals surface area contributed by atoms with E-state index in [4.69, 9.17) is 11.6 Å². The van der Waals surface area contributed by atoms with Crippen LogP contribution in [0.25, 0.3) is 10.9 Å². The molecule has 0 aliphatic carbocycles. The van der Waals surface area contributed by atoms with Crippen LogP contribution in [0.3, 0.4) is 0 Å². The molecular formula is C15H13Cl2N3. The first-order chi connectivity index (χ1) is 9.25. The van der Waals surface area contributed by atoms with E-state index < -0.39 is 0 Å². The number of hydrogen-bond acceptors (Lipinski definition) is 3. The quantitative estimate of drug-likeness (QED) is 0.699. The first-order valence-corrected chi connectivity index (χ1v) is 6.32. The molecule has 0 N–H and O–H groups in total. The van der Waals surface area contributed by atoms with Crippen LogP contribution < -0.4 is 4.90 Å². The van der Waals surface area contributed by atoms with Gasteiger partial charge in [0.2, 0.25) is 0 Å². The molecule has 5 heteroatoms. The highest BCUT2D eigenvalue weighted by molar-refractivity contribution is 6.31. The molecule has 0 radical (unpaired) electrons. The molecule has 3 nitrogen and oxygen atoms in total. The highest BCUT2D eigenvalue weighted by Crippen LogP contribution is 2.29. The van der Waals surface area contributed by atoms with E-state index in [0.717, 1.165) is 22.4 Å². The SMILES string of the molecule is CN(c1ccccc1)c1ncnc2ccc(Cl)cc12.Cl. The van der Waals surface area contributed by atoms with Crippen molar-refractivity contribution in [3.05, 3.63) is 59.9 Å². The predicted octanol–water partition coefficient (Wildman–Crippen LogP) is 4.47. The third-order valence-corrected chi connectivity index (χ3v) is 3.27. The second kappa shape index (κ2) is 6.07. The van der Waals surface area contributed by atoms with Gasteiger partial charge < -0.3 is 4.90 Å². The number of nitrogens with zero attached hydrogens (tertiary/aromatic N) is 3. The summed E-state index contributed by atoms with van der Waals surface area (Å²) in [4.78, 5) is 10.7. The lowest BCUT2D eigenvalue weighted by Crippen LogP contribution is -2.11. The molecule has 0 saturated carbocycles. The average Bonchev–Trinajstić information content (AvgIpc) is 2.47. The maximum atomic E-state index is 6.07. The topological polar surface area (TPSA) is 29.0 Å². The second-order valence-electron chi connectivity index (χ2n) is 4.25. The zero-order valence-electron chi connectivity index (χ0n) is 10.8. The van der Waals surface area contributed by atoms with Crippen molar-refractivity contribution in [2.45, 2.75) is 0 Å². The zero-order chi connectivity index (χ0) is 13.2. The lowest BCUT2D eigenvalue weighted by Gasteiger charge is -2.19. The molecule has 0 aliphatic heterocycles. The molecule has 2 aromatic carbocycles. The Labute approximate surface area is 128 Å². The number of halogens is 2. The average molecular weight is 306 g/mol. The fourth-order valence-electron chi connectivity index (χ4n) is 2.06. The minimum atomic E-state index is 0. The van der Waals surface area contributed by atoms with Crippen LogP contribution in [0.2, 0.25) is 5.02 Å².